The number of allylic oxidation sites excluding steroid dienone is 1. The van der Waals surface area contributed by atoms with Gasteiger partial charge in [0.25, 0.3) is 0 Å². The molecule has 0 unspecified atom stereocenters. The number of thioether (sulfide) groups is 2. The molecule has 1 fully saturated rings. The number of carbonyl (C=O) groups excluding carboxylic acids is 1. The molecule has 0 aromatic rings. The van der Waals surface area contributed by atoms with Gasteiger partial charge in [0.1, 0.15) is 0 Å². The van der Waals surface area contributed by atoms with Crippen molar-refractivity contribution >= 4 is 29.3 Å². The molecule has 0 radical (unpaired) electrons. The van der Waals surface area contributed by atoms with Crippen LogP contribution in [0.3, 0.4) is 0 Å². The van der Waals surface area contributed by atoms with E-state index >= 15 is 0 Å². The first kappa shape index (κ1) is 13.2. The predicted molar refractivity (Wildman–Crippen MR) is 71.5 cm³/mol. The normalized spacial score (nSPS) is 21.3. The van der Waals surface area contributed by atoms with Gasteiger partial charge < -0.3 is 0 Å². The molecule has 15 heavy (non-hydrogen) atoms. The molecular formula is C12H20OS2. The van der Waals surface area contributed by atoms with Crippen molar-refractivity contribution in [1.82, 2.24) is 0 Å². The third-order valence-electron chi connectivity index (χ3n) is 2.59. The van der Waals surface area contributed by atoms with Gasteiger partial charge in [-0.05, 0) is 50.2 Å². The Kier molecular flexibility index (Phi) is 4.78. The van der Waals surface area contributed by atoms with Gasteiger partial charge in [-0.15, -0.1) is 23.5 Å². The Hall–Kier alpha value is 0.110. The van der Waals surface area contributed by atoms with E-state index < -0.39 is 0 Å². The minimum atomic E-state index is 0.231. The van der Waals surface area contributed by atoms with Crippen LogP contribution in [0.5, 0.6) is 0 Å². The summed E-state index contributed by atoms with van der Waals surface area (Å²) in [6, 6.07) is 0. The third-order valence-corrected chi connectivity index (χ3v) is 5.96. The molecule has 1 saturated heterocycles. The fourth-order valence-electron chi connectivity index (χ4n) is 1.44. The highest BCUT2D eigenvalue weighted by Gasteiger charge is 2.28. The zero-order valence-corrected chi connectivity index (χ0v) is 11.5. The highest BCUT2D eigenvalue weighted by atomic mass is 32.2. The summed E-state index contributed by atoms with van der Waals surface area (Å²) in [5.74, 6) is 3.33. The van der Waals surface area contributed by atoms with Gasteiger partial charge >= 0.3 is 0 Å². The van der Waals surface area contributed by atoms with Crippen molar-refractivity contribution in [2.45, 2.75) is 37.7 Å². The third kappa shape index (κ3) is 4.64. The first-order valence-corrected chi connectivity index (χ1v) is 7.34. The number of Topliss-reactive ketones (excluding diaryl/α,β-unsaturated/α-hetero) is 1. The second kappa shape index (κ2) is 5.44. The molecule has 0 aromatic heterocycles. The van der Waals surface area contributed by atoms with Crippen LogP contribution in [0.1, 0.15) is 33.6 Å². The first-order valence-electron chi connectivity index (χ1n) is 5.37. The smallest absolute Gasteiger partial charge is 0.157 e. The molecule has 0 aliphatic carbocycles. The van der Waals surface area contributed by atoms with Gasteiger partial charge in [-0.1, -0.05) is 6.58 Å². The number of hydrogen-bond acceptors (Lipinski definition) is 3. The van der Waals surface area contributed by atoms with E-state index in [0.29, 0.717) is 22.0 Å². The average molecular weight is 244 g/mol. The van der Waals surface area contributed by atoms with Crippen LogP contribution in [0.4, 0.5) is 0 Å². The monoisotopic (exact) mass is 244 g/mol. The van der Waals surface area contributed by atoms with E-state index in [2.05, 4.69) is 20.4 Å². The van der Waals surface area contributed by atoms with Gasteiger partial charge in [-0.2, -0.15) is 0 Å². The maximum absolute atomic E-state index is 11.4. The minimum Gasteiger partial charge on any atom is -0.295 e. The SMILES string of the molecule is C=C(C)C(=O)CCC1CSC(C)(C)SC1. The van der Waals surface area contributed by atoms with Crippen molar-refractivity contribution in [3.05, 3.63) is 12.2 Å². The summed E-state index contributed by atoms with van der Waals surface area (Å²) in [6.45, 7) is 10.0. The number of hydrogen-bond donors (Lipinski definition) is 0. The van der Waals surface area contributed by atoms with Crippen LogP contribution in [-0.4, -0.2) is 21.4 Å². The molecule has 1 rings (SSSR count). The summed E-state index contributed by atoms with van der Waals surface area (Å²) < 4.78 is 0.370. The van der Waals surface area contributed by atoms with Gasteiger partial charge in [0.05, 0.1) is 4.08 Å². The lowest BCUT2D eigenvalue weighted by atomic mass is 10.0. The second-order valence-corrected chi connectivity index (χ2v) is 8.17. The molecule has 86 valence electrons. The van der Waals surface area contributed by atoms with E-state index in [9.17, 15) is 4.79 Å². The highest BCUT2D eigenvalue weighted by molar-refractivity contribution is 8.18. The largest absolute Gasteiger partial charge is 0.295 e. The molecule has 1 heterocycles. The van der Waals surface area contributed by atoms with Crippen LogP contribution < -0.4 is 0 Å². The van der Waals surface area contributed by atoms with Crippen molar-refractivity contribution in [3.63, 3.8) is 0 Å². The Morgan fingerprint density at radius 2 is 1.93 bits per heavy atom. The molecular weight excluding hydrogens is 224 g/mol. The molecule has 1 aliphatic rings. The maximum atomic E-state index is 11.4. The van der Waals surface area contributed by atoms with Crippen LogP contribution in [0.2, 0.25) is 0 Å². The molecule has 0 bridgehead atoms. The Balaban J connectivity index is 2.25. The van der Waals surface area contributed by atoms with E-state index in [1.54, 1.807) is 6.92 Å². The Bertz CT molecular complexity index is 248. The number of ketones is 1. The lowest BCUT2D eigenvalue weighted by Gasteiger charge is -2.33. The summed E-state index contributed by atoms with van der Waals surface area (Å²) >= 11 is 4.04. The van der Waals surface area contributed by atoms with Gasteiger partial charge in [0.15, 0.2) is 5.78 Å². The van der Waals surface area contributed by atoms with Gasteiger partial charge in [0.2, 0.25) is 0 Å². The van der Waals surface area contributed by atoms with E-state index in [-0.39, 0.29) is 5.78 Å². The molecule has 0 saturated carbocycles. The van der Waals surface area contributed by atoms with Gasteiger partial charge in [-0.3, -0.25) is 4.79 Å². The summed E-state index contributed by atoms with van der Waals surface area (Å²) in [4.78, 5) is 11.4. The zero-order valence-electron chi connectivity index (χ0n) is 9.84. The van der Waals surface area contributed by atoms with Crippen molar-refractivity contribution < 1.29 is 4.79 Å². The summed E-state index contributed by atoms with van der Waals surface area (Å²) in [7, 11) is 0. The summed E-state index contributed by atoms with van der Waals surface area (Å²) in [6.07, 6.45) is 1.71. The van der Waals surface area contributed by atoms with Crippen molar-refractivity contribution in [3.8, 4) is 0 Å². The standard InChI is InChI=1S/C12H20OS2/c1-9(2)11(13)6-5-10-7-14-12(3,4)15-8-10/h10H,1,5-8H2,2-4H3. The van der Waals surface area contributed by atoms with Crippen molar-refractivity contribution in [1.29, 1.82) is 0 Å². The van der Waals surface area contributed by atoms with Crippen LogP contribution in [0.25, 0.3) is 0 Å². The van der Waals surface area contributed by atoms with E-state index in [1.165, 1.54) is 11.5 Å². The van der Waals surface area contributed by atoms with E-state index in [0.717, 1.165) is 6.42 Å². The second-order valence-electron chi connectivity index (χ2n) is 4.63. The van der Waals surface area contributed by atoms with Crippen molar-refractivity contribution in [2.75, 3.05) is 11.5 Å². The summed E-state index contributed by atoms with van der Waals surface area (Å²) in [5, 5.41) is 0. The molecule has 0 spiro atoms. The highest BCUT2D eigenvalue weighted by Crippen LogP contribution is 2.44. The minimum absolute atomic E-state index is 0.231. The molecule has 0 aromatic carbocycles. The summed E-state index contributed by atoms with van der Waals surface area (Å²) in [5.41, 5.74) is 0.700. The van der Waals surface area contributed by atoms with Gasteiger partial charge in [0, 0.05) is 6.42 Å². The van der Waals surface area contributed by atoms with E-state index in [1.807, 2.05) is 23.5 Å². The van der Waals surface area contributed by atoms with Crippen LogP contribution in [0, 0.1) is 5.92 Å². The zero-order chi connectivity index (χ0) is 11.5. The first-order chi connectivity index (χ1) is 6.91. The predicted octanol–water partition coefficient (Wildman–Crippen LogP) is 3.74. The van der Waals surface area contributed by atoms with Crippen LogP contribution >= 0.6 is 23.5 Å². The molecule has 3 heteroatoms. The Labute approximate surface area is 101 Å². The maximum Gasteiger partial charge on any atom is 0.157 e. The quantitative estimate of drug-likeness (QED) is 0.701. The molecule has 0 amide bonds. The molecule has 0 atom stereocenters. The Morgan fingerprint density at radius 1 is 1.40 bits per heavy atom. The number of rotatable bonds is 4. The number of carbonyl (C=O) groups is 1. The molecule has 1 aliphatic heterocycles. The molecule has 0 N–H and O–H groups in total. The van der Waals surface area contributed by atoms with Crippen LogP contribution in [-0.2, 0) is 4.79 Å². The lowest BCUT2D eigenvalue weighted by Crippen LogP contribution is -2.24. The van der Waals surface area contributed by atoms with E-state index in [4.69, 9.17) is 0 Å². The average Bonchev–Trinajstić information content (AvgIpc) is 2.15. The van der Waals surface area contributed by atoms with Crippen LogP contribution in [0.15, 0.2) is 12.2 Å². The Morgan fingerprint density at radius 3 is 2.40 bits per heavy atom. The fourth-order valence-corrected chi connectivity index (χ4v) is 4.18. The molecule has 1 nitrogen and oxygen atoms in total. The van der Waals surface area contributed by atoms with Crippen molar-refractivity contribution in [2.24, 2.45) is 5.92 Å². The lowest BCUT2D eigenvalue weighted by molar-refractivity contribution is -0.115. The van der Waals surface area contributed by atoms with Gasteiger partial charge in [-0.25, -0.2) is 0 Å². The topological polar surface area (TPSA) is 17.1 Å². The fraction of sp³-hybridized carbons (Fsp3) is 0.750.